The molecule has 29 heavy (non-hydrogen) atoms. The van der Waals surface area contributed by atoms with E-state index in [1.54, 1.807) is 24.3 Å². The normalized spacial score (nSPS) is 29.6. The number of carbonyl (C=O) groups is 3. The first-order valence-electron chi connectivity index (χ1n) is 10.8. The number of anilines is 2. The predicted octanol–water partition coefficient (Wildman–Crippen LogP) is 3.55. The van der Waals surface area contributed by atoms with E-state index in [1.807, 2.05) is 13.8 Å². The number of hydrogen-bond acceptors (Lipinski definition) is 3. The lowest BCUT2D eigenvalue weighted by Gasteiger charge is -2.55. The van der Waals surface area contributed by atoms with E-state index in [2.05, 4.69) is 16.0 Å². The van der Waals surface area contributed by atoms with Crippen LogP contribution >= 0.6 is 0 Å². The molecule has 0 atom stereocenters. The number of rotatable bonds is 6. The summed E-state index contributed by atoms with van der Waals surface area (Å²) in [7, 11) is 0. The first-order valence-corrected chi connectivity index (χ1v) is 10.8. The molecule has 5 rings (SSSR count). The lowest BCUT2D eigenvalue weighted by atomic mass is 9.49. The fraction of sp³-hybridized carbons (Fsp3) is 0.609. The maximum absolute atomic E-state index is 12.9. The lowest BCUT2D eigenvalue weighted by molar-refractivity contribution is -0.146. The van der Waals surface area contributed by atoms with Crippen molar-refractivity contribution >= 4 is 29.1 Å². The van der Waals surface area contributed by atoms with Crippen molar-refractivity contribution in [1.82, 2.24) is 5.32 Å². The Labute approximate surface area is 172 Å². The monoisotopic (exact) mass is 397 g/mol. The molecule has 0 aliphatic heterocycles. The average molecular weight is 398 g/mol. The molecule has 4 aliphatic carbocycles. The van der Waals surface area contributed by atoms with Crippen molar-refractivity contribution in [3.63, 3.8) is 0 Å². The third-order valence-corrected chi connectivity index (χ3v) is 6.89. The summed E-state index contributed by atoms with van der Waals surface area (Å²) in [6, 6.07) is 7.00. The van der Waals surface area contributed by atoms with Crippen LogP contribution in [-0.4, -0.2) is 24.3 Å². The SMILES string of the molecule is CC(C)C(=O)Nc1ccc(NC(=O)CNC(=O)C23CC4CC(CC(C4)C2)C3)cc1. The van der Waals surface area contributed by atoms with Crippen LogP contribution in [0.25, 0.3) is 0 Å². The van der Waals surface area contributed by atoms with Gasteiger partial charge >= 0.3 is 0 Å². The van der Waals surface area contributed by atoms with Gasteiger partial charge < -0.3 is 16.0 Å². The van der Waals surface area contributed by atoms with Gasteiger partial charge in [0.2, 0.25) is 17.7 Å². The Morgan fingerprint density at radius 2 is 1.38 bits per heavy atom. The Bertz CT molecular complexity index is 765. The molecule has 6 heteroatoms. The van der Waals surface area contributed by atoms with E-state index in [0.717, 1.165) is 19.3 Å². The smallest absolute Gasteiger partial charge is 0.243 e. The van der Waals surface area contributed by atoms with Crippen molar-refractivity contribution in [3.8, 4) is 0 Å². The number of amides is 3. The Morgan fingerprint density at radius 3 is 1.86 bits per heavy atom. The standard InChI is InChI=1S/C23H31N3O3/c1-14(2)21(28)26-19-5-3-18(4-6-19)25-20(27)13-24-22(29)23-10-15-7-16(11-23)9-17(8-15)12-23/h3-6,14-17H,7-13H2,1-2H3,(H,24,29)(H,25,27)(H,26,28). The summed E-state index contributed by atoms with van der Waals surface area (Å²) in [5.41, 5.74) is 1.10. The summed E-state index contributed by atoms with van der Waals surface area (Å²) in [5, 5.41) is 8.53. The largest absolute Gasteiger partial charge is 0.347 e. The van der Waals surface area contributed by atoms with Crippen molar-refractivity contribution in [1.29, 1.82) is 0 Å². The maximum Gasteiger partial charge on any atom is 0.243 e. The molecular weight excluding hydrogens is 366 g/mol. The molecule has 1 aromatic rings. The zero-order valence-corrected chi connectivity index (χ0v) is 17.3. The highest BCUT2D eigenvalue weighted by Gasteiger charge is 2.54. The Balaban J connectivity index is 1.27. The summed E-state index contributed by atoms with van der Waals surface area (Å²) < 4.78 is 0. The van der Waals surface area contributed by atoms with Gasteiger partial charge in [-0.15, -0.1) is 0 Å². The van der Waals surface area contributed by atoms with Crippen LogP contribution in [0, 0.1) is 29.1 Å². The Kier molecular flexibility index (Phi) is 5.36. The minimum Gasteiger partial charge on any atom is -0.347 e. The summed E-state index contributed by atoms with van der Waals surface area (Å²) >= 11 is 0. The van der Waals surface area contributed by atoms with E-state index in [4.69, 9.17) is 0 Å². The van der Waals surface area contributed by atoms with Crippen LogP contribution in [0.2, 0.25) is 0 Å². The molecule has 156 valence electrons. The number of hydrogen-bond donors (Lipinski definition) is 3. The van der Waals surface area contributed by atoms with E-state index >= 15 is 0 Å². The van der Waals surface area contributed by atoms with Gasteiger partial charge in [0.1, 0.15) is 0 Å². The van der Waals surface area contributed by atoms with E-state index in [0.29, 0.717) is 29.1 Å². The molecule has 0 unspecified atom stereocenters. The molecule has 0 spiro atoms. The van der Waals surface area contributed by atoms with Crippen molar-refractivity contribution in [2.75, 3.05) is 17.2 Å². The quantitative estimate of drug-likeness (QED) is 0.686. The number of carbonyl (C=O) groups excluding carboxylic acids is 3. The van der Waals surface area contributed by atoms with Gasteiger partial charge in [0.15, 0.2) is 0 Å². The topological polar surface area (TPSA) is 87.3 Å². The fourth-order valence-corrected chi connectivity index (χ4v) is 5.87. The second-order valence-corrected chi connectivity index (χ2v) is 9.65. The Morgan fingerprint density at radius 1 is 0.897 bits per heavy atom. The molecule has 0 radical (unpaired) electrons. The summed E-state index contributed by atoms with van der Waals surface area (Å²) in [6.45, 7) is 3.66. The highest BCUT2D eigenvalue weighted by atomic mass is 16.2. The molecule has 4 bridgehead atoms. The van der Waals surface area contributed by atoms with Gasteiger partial charge in [-0.1, -0.05) is 13.8 Å². The minimum absolute atomic E-state index is 0.00752. The molecule has 4 saturated carbocycles. The molecule has 0 aromatic heterocycles. The predicted molar refractivity (Wildman–Crippen MR) is 112 cm³/mol. The van der Waals surface area contributed by atoms with Crippen LogP contribution in [0.5, 0.6) is 0 Å². The Hall–Kier alpha value is -2.37. The van der Waals surface area contributed by atoms with E-state index in [1.165, 1.54) is 19.3 Å². The van der Waals surface area contributed by atoms with Gasteiger partial charge in [-0.2, -0.15) is 0 Å². The van der Waals surface area contributed by atoms with Crippen molar-refractivity contribution in [2.45, 2.75) is 52.4 Å². The van der Waals surface area contributed by atoms with Crippen molar-refractivity contribution in [2.24, 2.45) is 29.1 Å². The third kappa shape index (κ3) is 4.31. The lowest BCUT2D eigenvalue weighted by Crippen LogP contribution is -2.54. The third-order valence-electron chi connectivity index (χ3n) is 6.89. The molecule has 0 saturated heterocycles. The first kappa shape index (κ1) is 19.9. The number of benzene rings is 1. The molecule has 4 aliphatic rings. The zero-order valence-electron chi connectivity index (χ0n) is 17.3. The number of nitrogens with one attached hydrogen (secondary N) is 3. The zero-order chi connectivity index (χ0) is 20.6. The molecule has 1 aromatic carbocycles. The van der Waals surface area contributed by atoms with E-state index in [-0.39, 0.29) is 35.6 Å². The van der Waals surface area contributed by atoms with Gasteiger partial charge in [-0.05, 0) is 80.5 Å². The average Bonchev–Trinajstić information content (AvgIpc) is 2.66. The van der Waals surface area contributed by atoms with Crippen LogP contribution in [0.15, 0.2) is 24.3 Å². The van der Waals surface area contributed by atoms with Gasteiger partial charge in [0, 0.05) is 22.7 Å². The van der Waals surface area contributed by atoms with Crippen LogP contribution < -0.4 is 16.0 Å². The van der Waals surface area contributed by atoms with Gasteiger partial charge in [-0.3, -0.25) is 14.4 Å². The molecule has 0 heterocycles. The molecule has 6 nitrogen and oxygen atoms in total. The summed E-state index contributed by atoms with van der Waals surface area (Å²) in [5.74, 6) is 1.81. The van der Waals surface area contributed by atoms with Crippen LogP contribution in [0.1, 0.15) is 52.4 Å². The maximum atomic E-state index is 12.9. The van der Waals surface area contributed by atoms with E-state index in [9.17, 15) is 14.4 Å². The highest BCUT2D eigenvalue weighted by molar-refractivity contribution is 5.96. The van der Waals surface area contributed by atoms with Crippen molar-refractivity contribution < 1.29 is 14.4 Å². The minimum atomic E-state index is -0.234. The fourth-order valence-electron chi connectivity index (χ4n) is 5.87. The van der Waals surface area contributed by atoms with Crippen LogP contribution in [-0.2, 0) is 14.4 Å². The van der Waals surface area contributed by atoms with Gasteiger partial charge in [-0.25, -0.2) is 0 Å². The summed E-state index contributed by atoms with van der Waals surface area (Å²) in [6.07, 6.45) is 6.87. The van der Waals surface area contributed by atoms with Crippen LogP contribution in [0.4, 0.5) is 11.4 Å². The first-order chi connectivity index (χ1) is 13.8. The van der Waals surface area contributed by atoms with Gasteiger partial charge in [0.25, 0.3) is 0 Å². The second-order valence-electron chi connectivity index (χ2n) is 9.65. The van der Waals surface area contributed by atoms with Crippen LogP contribution in [0.3, 0.4) is 0 Å². The van der Waals surface area contributed by atoms with Crippen molar-refractivity contribution in [3.05, 3.63) is 24.3 Å². The molecule has 4 fully saturated rings. The molecule has 3 amide bonds. The highest BCUT2D eigenvalue weighted by Crippen LogP contribution is 2.60. The molecular formula is C23H31N3O3. The summed E-state index contributed by atoms with van der Waals surface area (Å²) in [4.78, 5) is 37.0. The van der Waals surface area contributed by atoms with E-state index < -0.39 is 0 Å². The second kappa shape index (κ2) is 7.81. The molecule has 3 N–H and O–H groups in total. The van der Waals surface area contributed by atoms with Gasteiger partial charge in [0.05, 0.1) is 6.54 Å².